The first kappa shape index (κ1) is 14.6. The SMILES string of the molecule is CCC(CCO)CNC(=O)Cc1ncccc1C. The summed E-state index contributed by atoms with van der Waals surface area (Å²) in [4.78, 5) is 16.0. The number of pyridine rings is 1. The number of hydrogen-bond acceptors (Lipinski definition) is 3. The summed E-state index contributed by atoms with van der Waals surface area (Å²) in [5.74, 6) is 0.344. The largest absolute Gasteiger partial charge is 0.396 e. The molecule has 0 fully saturated rings. The van der Waals surface area contributed by atoms with Crippen LogP contribution in [-0.4, -0.2) is 29.1 Å². The first-order valence-electron chi connectivity index (χ1n) is 6.45. The molecule has 1 rings (SSSR count). The van der Waals surface area contributed by atoms with Crippen molar-refractivity contribution >= 4 is 5.91 Å². The van der Waals surface area contributed by atoms with Crippen LogP contribution >= 0.6 is 0 Å². The summed E-state index contributed by atoms with van der Waals surface area (Å²) < 4.78 is 0. The molecule has 4 nitrogen and oxygen atoms in total. The Bertz CT molecular complexity index is 380. The van der Waals surface area contributed by atoms with Crippen LogP contribution in [0.4, 0.5) is 0 Å². The summed E-state index contributed by atoms with van der Waals surface area (Å²) in [6.45, 7) is 4.82. The molecular weight excluding hydrogens is 228 g/mol. The van der Waals surface area contributed by atoms with E-state index in [1.165, 1.54) is 0 Å². The van der Waals surface area contributed by atoms with Crippen molar-refractivity contribution in [3.05, 3.63) is 29.6 Å². The summed E-state index contributed by atoms with van der Waals surface area (Å²) in [5, 5.41) is 11.8. The summed E-state index contributed by atoms with van der Waals surface area (Å²) in [5.41, 5.74) is 1.86. The number of aliphatic hydroxyl groups excluding tert-OH is 1. The van der Waals surface area contributed by atoms with E-state index < -0.39 is 0 Å². The van der Waals surface area contributed by atoms with Gasteiger partial charge in [-0.25, -0.2) is 0 Å². The Kier molecular flexibility index (Phi) is 6.36. The van der Waals surface area contributed by atoms with Gasteiger partial charge in [0.25, 0.3) is 0 Å². The molecule has 1 amide bonds. The van der Waals surface area contributed by atoms with Gasteiger partial charge < -0.3 is 10.4 Å². The molecule has 0 spiro atoms. The van der Waals surface area contributed by atoms with Gasteiger partial charge in [-0.05, 0) is 30.9 Å². The maximum absolute atomic E-state index is 11.8. The average Bonchev–Trinajstić information content (AvgIpc) is 2.37. The van der Waals surface area contributed by atoms with Crippen LogP contribution < -0.4 is 5.32 Å². The molecule has 100 valence electrons. The zero-order valence-electron chi connectivity index (χ0n) is 11.1. The summed E-state index contributed by atoms with van der Waals surface area (Å²) >= 11 is 0. The number of rotatable bonds is 7. The fourth-order valence-corrected chi connectivity index (χ4v) is 1.81. The number of aromatic nitrogens is 1. The lowest BCUT2D eigenvalue weighted by Crippen LogP contribution is -2.31. The fourth-order valence-electron chi connectivity index (χ4n) is 1.81. The van der Waals surface area contributed by atoms with E-state index >= 15 is 0 Å². The molecule has 0 aliphatic heterocycles. The lowest BCUT2D eigenvalue weighted by atomic mass is 10.0. The van der Waals surface area contributed by atoms with Gasteiger partial charge in [-0.3, -0.25) is 9.78 Å². The molecule has 1 unspecified atom stereocenters. The van der Waals surface area contributed by atoms with E-state index in [0.717, 1.165) is 24.1 Å². The van der Waals surface area contributed by atoms with Crippen LogP contribution in [0, 0.1) is 12.8 Å². The normalized spacial score (nSPS) is 12.2. The summed E-state index contributed by atoms with van der Waals surface area (Å²) in [6, 6.07) is 3.82. The second kappa shape index (κ2) is 7.82. The van der Waals surface area contributed by atoms with Gasteiger partial charge in [-0.15, -0.1) is 0 Å². The van der Waals surface area contributed by atoms with Crippen LogP contribution in [0.3, 0.4) is 0 Å². The Morgan fingerprint density at radius 2 is 2.33 bits per heavy atom. The number of nitrogens with zero attached hydrogens (tertiary/aromatic N) is 1. The van der Waals surface area contributed by atoms with Crippen molar-refractivity contribution in [2.45, 2.75) is 33.1 Å². The lowest BCUT2D eigenvalue weighted by molar-refractivity contribution is -0.120. The van der Waals surface area contributed by atoms with E-state index in [4.69, 9.17) is 5.11 Å². The van der Waals surface area contributed by atoms with Crippen molar-refractivity contribution < 1.29 is 9.90 Å². The highest BCUT2D eigenvalue weighted by molar-refractivity contribution is 5.78. The van der Waals surface area contributed by atoms with E-state index in [1.54, 1.807) is 6.20 Å². The summed E-state index contributed by atoms with van der Waals surface area (Å²) in [7, 11) is 0. The van der Waals surface area contributed by atoms with Gasteiger partial charge >= 0.3 is 0 Å². The third-order valence-electron chi connectivity index (χ3n) is 3.15. The molecular formula is C14H22N2O2. The van der Waals surface area contributed by atoms with E-state index in [2.05, 4.69) is 17.2 Å². The monoisotopic (exact) mass is 250 g/mol. The minimum absolute atomic E-state index is 0.00631. The van der Waals surface area contributed by atoms with Gasteiger partial charge in [0.15, 0.2) is 0 Å². The number of aliphatic hydroxyl groups is 1. The van der Waals surface area contributed by atoms with E-state index in [9.17, 15) is 4.79 Å². The van der Waals surface area contributed by atoms with Crippen molar-refractivity contribution in [1.29, 1.82) is 0 Å². The maximum Gasteiger partial charge on any atom is 0.226 e. The average molecular weight is 250 g/mol. The molecule has 1 atom stereocenters. The Hall–Kier alpha value is -1.42. The van der Waals surface area contributed by atoms with Crippen LogP contribution in [0.5, 0.6) is 0 Å². The highest BCUT2D eigenvalue weighted by atomic mass is 16.3. The highest BCUT2D eigenvalue weighted by Crippen LogP contribution is 2.07. The molecule has 0 aromatic carbocycles. The number of nitrogens with one attached hydrogen (secondary N) is 1. The van der Waals surface area contributed by atoms with E-state index in [1.807, 2.05) is 19.1 Å². The van der Waals surface area contributed by atoms with Gasteiger partial charge in [0, 0.05) is 19.3 Å². The zero-order chi connectivity index (χ0) is 13.4. The first-order valence-corrected chi connectivity index (χ1v) is 6.45. The van der Waals surface area contributed by atoms with Crippen LogP contribution in [0.25, 0.3) is 0 Å². The Balaban J connectivity index is 2.40. The molecule has 0 aliphatic rings. The molecule has 1 aromatic rings. The summed E-state index contributed by atoms with van der Waals surface area (Å²) in [6.07, 6.45) is 3.72. The molecule has 0 radical (unpaired) electrons. The lowest BCUT2D eigenvalue weighted by Gasteiger charge is -2.14. The minimum atomic E-state index is -0.00631. The molecule has 0 aliphatic carbocycles. The standard InChI is InChI=1S/C14H22N2O2/c1-3-12(6-8-17)10-16-14(18)9-13-11(2)5-4-7-15-13/h4-5,7,12,17H,3,6,8-10H2,1-2H3,(H,16,18). The molecule has 1 aromatic heterocycles. The van der Waals surface area contributed by atoms with E-state index in [-0.39, 0.29) is 12.5 Å². The molecule has 2 N–H and O–H groups in total. The maximum atomic E-state index is 11.8. The zero-order valence-corrected chi connectivity index (χ0v) is 11.1. The second-order valence-electron chi connectivity index (χ2n) is 4.53. The first-order chi connectivity index (χ1) is 8.67. The molecule has 0 saturated heterocycles. The quantitative estimate of drug-likeness (QED) is 0.770. The van der Waals surface area contributed by atoms with E-state index in [0.29, 0.717) is 18.9 Å². The van der Waals surface area contributed by atoms with Crippen molar-refractivity contribution in [3.63, 3.8) is 0 Å². The Morgan fingerprint density at radius 3 is 2.94 bits per heavy atom. The number of hydrogen-bond donors (Lipinski definition) is 2. The fraction of sp³-hybridized carbons (Fsp3) is 0.571. The van der Waals surface area contributed by atoms with Crippen LogP contribution in [0.2, 0.25) is 0 Å². The van der Waals surface area contributed by atoms with Gasteiger partial charge in [0.2, 0.25) is 5.91 Å². The third-order valence-corrected chi connectivity index (χ3v) is 3.15. The molecule has 18 heavy (non-hydrogen) atoms. The number of carbonyl (C=O) groups is 1. The molecule has 1 heterocycles. The van der Waals surface area contributed by atoms with Crippen molar-refractivity contribution in [1.82, 2.24) is 10.3 Å². The topological polar surface area (TPSA) is 62.2 Å². The van der Waals surface area contributed by atoms with Crippen LogP contribution in [0.15, 0.2) is 18.3 Å². The van der Waals surface area contributed by atoms with Crippen molar-refractivity contribution in [2.24, 2.45) is 5.92 Å². The molecule has 0 bridgehead atoms. The predicted molar refractivity (Wildman–Crippen MR) is 71.2 cm³/mol. The number of aryl methyl sites for hydroxylation is 1. The van der Waals surface area contributed by atoms with Crippen molar-refractivity contribution in [2.75, 3.05) is 13.2 Å². The number of carbonyl (C=O) groups excluding carboxylic acids is 1. The number of amides is 1. The highest BCUT2D eigenvalue weighted by Gasteiger charge is 2.10. The molecule has 4 heteroatoms. The van der Waals surface area contributed by atoms with Gasteiger partial charge in [0.1, 0.15) is 0 Å². The Labute approximate surface area is 108 Å². The smallest absolute Gasteiger partial charge is 0.226 e. The van der Waals surface area contributed by atoms with Gasteiger partial charge in [-0.2, -0.15) is 0 Å². The van der Waals surface area contributed by atoms with Crippen LogP contribution in [-0.2, 0) is 11.2 Å². The van der Waals surface area contributed by atoms with Crippen molar-refractivity contribution in [3.8, 4) is 0 Å². The Morgan fingerprint density at radius 1 is 1.56 bits per heavy atom. The van der Waals surface area contributed by atoms with Gasteiger partial charge in [0.05, 0.1) is 12.1 Å². The van der Waals surface area contributed by atoms with Crippen LogP contribution in [0.1, 0.15) is 31.0 Å². The second-order valence-corrected chi connectivity index (χ2v) is 4.53. The van der Waals surface area contributed by atoms with Gasteiger partial charge in [-0.1, -0.05) is 19.4 Å². The predicted octanol–water partition coefficient (Wildman–Crippen LogP) is 1.46. The third kappa shape index (κ3) is 4.84. The molecule has 0 saturated carbocycles. The minimum Gasteiger partial charge on any atom is -0.396 e.